The van der Waals surface area contributed by atoms with Gasteiger partial charge in [-0.2, -0.15) is 0 Å². The van der Waals surface area contributed by atoms with Crippen molar-refractivity contribution in [2.24, 2.45) is 0 Å². The van der Waals surface area contributed by atoms with Gasteiger partial charge in [-0.25, -0.2) is 0 Å². The fourth-order valence-corrected chi connectivity index (χ4v) is 1.92. The number of aryl methyl sites for hydroxylation is 1. The lowest BCUT2D eigenvalue weighted by Crippen LogP contribution is -2.31. The summed E-state index contributed by atoms with van der Waals surface area (Å²) < 4.78 is 10.8. The first-order valence-corrected chi connectivity index (χ1v) is 6.32. The van der Waals surface area contributed by atoms with Crippen molar-refractivity contribution in [1.82, 2.24) is 0 Å². The summed E-state index contributed by atoms with van der Waals surface area (Å²) in [5, 5.41) is 18.7. The second-order valence-electron chi connectivity index (χ2n) is 4.56. The van der Waals surface area contributed by atoms with Crippen molar-refractivity contribution in [2.75, 3.05) is 7.11 Å². The molecule has 0 aromatic heterocycles. The van der Waals surface area contributed by atoms with Crippen LogP contribution < -0.4 is 14.9 Å². The number of hydrogen-bond donors (Lipinski definition) is 2. The van der Waals surface area contributed by atoms with Gasteiger partial charge < -0.3 is 19.5 Å². The van der Waals surface area contributed by atoms with Gasteiger partial charge in [-0.15, -0.1) is 0 Å². The Morgan fingerprint density at radius 1 is 1.10 bits per heavy atom. The summed E-state index contributed by atoms with van der Waals surface area (Å²) in [5.41, 5.74) is 2.26. The molecule has 0 atom stereocenters. The van der Waals surface area contributed by atoms with Crippen molar-refractivity contribution >= 4 is 12.6 Å². The lowest BCUT2D eigenvalue weighted by atomic mass is 9.79. The van der Waals surface area contributed by atoms with E-state index in [9.17, 15) is 10.0 Å². The lowest BCUT2D eigenvalue weighted by molar-refractivity contribution is 0.305. The Morgan fingerprint density at radius 2 is 1.90 bits per heavy atom. The Hall–Kier alpha value is -1.98. The van der Waals surface area contributed by atoms with Crippen LogP contribution in [-0.2, 0) is 6.61 Å². The molecule has 0 spiro atoms. The molecule has 4 nitrogen and oxygen atoms in total. The molecule has 0 bridgehead atoms. The molecule has 0 unspecified atom stereocenters. The van der Waals surface area contributed by atoms with Gasteiger partial charge in [-0.05, 0) is 30.7 Å². The highest BCUT2D eigenvalue weighted by molar-refractivity contribution is 6.59. The molecule has 0 aliphatic carbocycles. The van der Waals surface area contributed by atoms with Crippen LogP contribution in [0.3, 0.4) is 0 Å². The quantitative estimate of drug-likeness (QED) is 0.804. The maximum Gasteiger partial charge on any atom is 0.492 e. The number of ether oxygens (including phenoxy) is 2. The third kappa shape index (κ3) is 3.53. The minimum atomic E-state index is -1.55. The Bertz CT molecular complexity index is 584. The summed E-state index contributed by atoms with van der Waals surface area (Å²) in [7, 11) is 0.0652. The Labute approximate surface area is 118 Å². The zero-order chi connectivity index (χ0) is 14.5. The molecule has 0 fully saturated rings. The van der Waals surface area contributed by atoms with Crippen LogP contribution in [0.1, 0.15) is 11.1 Å². The number of methoxy groups -OCH3 is 1. The minimum absolute atomic E-state index is 0.333. The summed E-state index contributed by atoms with van der Waals surface area (Å²) in [6.07, 6.45) is 0. The van der Waals surface area contributed by atoms with E-state index in [0.29, 0.717) is 17.8 Å². The van der Waals surface area contributed by atoms with Crippen LogP contribution in [0.25, 0.3) is 0 Å². The predicted octanol–water partition coefficient (Wildman–Crippen LogP) is 1.26. The topological polar surface area (TPSA) is 58.9 Å². The normalized spacial score (nSPS) is 10.2. The molecule has 0 aliphatic heterocycles. The number of hydrogen-bond acceptors (Lipinski definition) is 4. The van der Waals surface area contributed by atoms with Crippen LogP contribution in [-0.4, -0.2) is 24.3 Å². The Balaban J connectivity index is 2.14. The van der Waals surface area contributed by atoms with Crippen LogP contribution in [0, 0.1) is 6.92 Å². The van der Waals surface area contributed by atoms with Crippen molar-refractivity contribution in [2.45, 2.75) is 13.5 Å². The lowest BCUT2D eigenvalue weighted by Gasteiger charge is -2.12. The summed E-state index contributed by atoms with van der Waals surface area (Å²) >= 11 is 0. The van der Waals surface area contributed by atoms with Gasteiger partial charge in [0.2, 0.25) is 0 Å². The van der Waals surface area contributed by atoms with Gasteiger partial charge in [0.25, 0.3) is 0 Å². The van der Waals surface area contributed by atoms with E-state index in [2.05, 4.69) is 0 Å². The van der Waals surface area contributed by atoms with Crippen molar-refractivity contribution in [3.05, 3.63) is 53.6 Å². The van der Waals surface area contributed by atoms with Gasteiger partial charge in [-0.3, -0.25) is 0 Å². The first-order chi connectivity index (χ1) is 9.60. The molecule has 2 rings (SSSR count). The first kappa shape index (κ1) is 14.4. The summed E-state index contributed by atoms with van der Waals surface area (Å²) in [5.74, 6) is 1.23. The number of benzene rings is 2. The average Bonchev–Trinajstić information content (AvgIpc) is 2.46. The molecule has 0 radical (unpaired) electrons. The third-order valence-corrected chi connectivity index (χ3v) is 2.97. The van der Waals surface area contributed by atoms with E-state index in [4.69, 9.17) is 9.47 Å². The first-order valence-electron chi connectivity index (χ1n) is 6.32. The second-order valence-corrected chi connectivity index (χ2v) is 4.56. The van der Waals surface area contributed by atoms with Crippen LogP contribution >= 0.6 is 0 Å². The summed E-state index contributed by atoms with van der Waals surface area (Å²) in [6.45, 7) is 2.22. The molecule has 0 aliphatic rings. The SMILES string of the molecule is COc1cccc(COc2ccc(C)cc2B(O)O)c1. The fraction of sp³-hybridized carbons (Fsp3) is 0.200. The Morgan fingerprint density at radius 3 is 2.60 bits per heavy atom. The van der Waals surface area contributed by atoms with Crippen LogP contribution in [0.15, 0.2) is 42.5 Å². The van der Waals surface area contributed by atoms with Gasteiger partial charge in [0.05, 0.1) is 7.11 Å². The van der Waals surface area contributed by atoms with E-state index in [-0.39, 0.29) is 0 Å². The van der Waals surface area contributed by atoms with Gasteiger partial charge >= 0.3 is 7.12 Å². The van der Waals surface area contributed by atoms with Crippen LogP contribution in [0.5, 0.6) is 11.5 Å². The van der Waals surface area contributed by atoms with Gasteiger partial charge in [0, 0.05) is 5.46 Å². The van der Waals surface area contributed by atoms with Crippen molar-refractivity contribution in [3.63, 3.8) is 0 Å². The molecule has 0 saturated heterocycles. The van der Waals surface area contributed by atoms with Gasteiger partial charge in [-0.1, -0.05) is 29.8 Å². The highest BCUT2D eigenvalue weighted by Gasteiger charge is 2.17. The number of rotatable bonds is 5. The molecule has 2 aromatic carbocycles. The maximum absolute atomic E-state index is 9.36. The Kier molecular flexibility index (Phi) is 4.66. The molecule has 5 heteroatoms. The van der Waals surface area contributed by atoms with E-state index in [1.165, 1.54) is 0 Å². The van der Waals surface area contributed by atoms with E-state index >= 15 is 0 Å². The van der Waals surface area contributed by atoms with Crippen LogP contribution in [0.4, 0.5) is 0 Å². The molecule has 20 heavy (non-hydrogen) atoms. The monoisotopic (exact) mass is 272 g/mol. The van der Waals surface area contributed by atoms with E-state index in [1.807, 2.05) is 37.3 Å². The minimum Gasteiger partial charge on any atom is -0.497 e. The molecule has 2 aromatic rings. The predicted molar refractivity (Wildman–Crippen MR) is 78.3 cm³/mol. The molecule has 0 amide bonds. The van der Waals surface area contributed by atoms with Crippen LogP contribution in [0.2, 0.25) is 0 Å². The molecule has 104 valence electrons. The van der Waals surface area contributed by atoms with Crippen molar-refractivity contribution < 1.29 is 19.5 Å². The summed E-state index contributed by atoms with van der Waals surface area (Å²) in [6, 6.07) is 12.9. The van der Waals surface area contributed by atoms with Gasteiger partial charge in [0.1, 0.15) is 18.1 Å². The average molecular weight is 272 g/mol. The molecule has 0 saturated carbocycles. The van der Waals surface area contributed by atoms with Crippen molar-refractivity contribution in [3.8, 4) is 11.5 Å². The largest absolute Gasteiger partial charge is 0.497 e. The molecule has 2 N–H and O–H groups in total. The standard InChI is InChI=1S/C15H17BO4/c1-11-6-7-15(14(8-11)16(17)18)20-10-12-4-3-5-13(9-12)19-2/h3-9,17-18H,10H2,1-2H3. The van der Waals surface area contributed by atoms with Gasteiger partial charge in [0.15, 0.2) is 0 Å². The molecular formula is C15H17BO4. The smallest absolute Gasteiger partial charge is 0.492 e. The molecular weight excluding hydrogens is 255 g/mol. The maximum atomic E-state index is 9.36. The van der Waals surface area contributed by atoms with E-state index in [1.54, 1.807) is 19.2 Å². The zero-order valence-corrected chi connectivity index (χ0v) is 11.5. The van der Waals surface area contributed by atoms with Crippen molar-refractivity contribution in [1.29, 1.82) is 0 Å². The highest BCUT2D eigenvalue weighted by Crippen LogP contribution is 2.16. The second kappa shape index (κ2) is 6.46. The fourth-order valence-electron chi connectivity index (χ4n) is 1.92. The zero-order valence-electron chi connectivity index (χ0n) is 11.5. The van der Waals surface area contributed by atoms with E-state index in [0.717, 1.165) is 16.9 Å². The summed E-state index contributed by atoms with van der Waals surface area (Å²) in [4.78, 5) is 0. The molecule has 0 heterocycles. The third-order valence-electron chi connectivity index (χ3n) is 2.97. The van der Waals surface area contributed by atoms with E-state index < -0.39 is 7.12 Å². The highest BCUT2D eigenvalue weighted by atomic mass is 16.5.